The predicted molar refractivity (Wildman–Crippen MR) is 148 cm³/mol. The number of ether oxygens (including phenoxy) is 3. The number of nitrogens with one attached hydrogen (secondary N) is 1. The zero-order chi connectivity index (χ0) is 32.9. The van der Waals surface area contributed by atoms with E-state index >= 15 is 4.39 Å². The number of rotatable bonds is 11. The summed E-state index contributed by atoms with van der Waals surface area (Å²) in [5, 5.41) is 20.8. The molecule has 2 fully saturated rings. The molecular formula is C21H26FN10O12P2+. The van der Waals surface area contributed by atoms with Gasteiger partial charge in [0.1, 0.15) is 42.4 Å². The molecule has 0 spiro atoms. The summed E-state index contributed by atoms with van der Waals surface area (Å²) in [5.41, 5.74) is 10.7. The average molecular weight is 691 g/mol. The van der Waals surface area contributed by atoms with Crippen LogP contribution in [0, 0.1) is 0 Å². The van der Waals surface area contributed by atoms with E-state index in [1.54, 1.807) is 0 Å². The summed E-state index contributed by atoms with van der Waals surface area (Å²) in [6.45, 7) is -1.67. The number of imidazole rings is 2. The van der Waals surface area contributed by atoms with Gasteiger partial charge in [0.05, 0.1) is 25.9 Å². The number of aromatic amines is 1. The number of nitrogen functional groups attached to an aromatic ring is 2. The van der Waals surface area contributed by atoms with Crippen LogP contribution in [0.1, 0.15) is 12.5 Å². The van der Waals surface area contributed by atoms with Crippen LogP contribution in [-0.2, 0) is 32.4 Å². The molecule has 9 N–H and O–H groups in total. The first-order valence-electron chi connectivity index (χ1n) is 13.2. The Labute approximate surface area is 255 Å². The molecule has 0 bridgehead atoms. The fourth-order valence-electron chi connectivity index (χ4n) is 5.14. The van der Waals surface area contributed by atoms with Gasteiger partial charge < -0.3 is 40.8 Å². The van der Waals surface area contributed by atoms with Crippen LogP contribution in [0.25, 0.3) is 22.3 Å². The molecule has 2 aliphatic rings. The minimum Gasteiger partial charge on any atom is -0.394 e. The predicted octanol–water partition coefficient (Wildman–Crippen LogP) is -1.81. The molecule has 22 nitrogen and oxygen atoms in total. The minimum atomic E-state index is -5.17. The number of nitrogens with zero attached hydrogens (tertiary/aromatic N) is 7. The third-order valence-corrected chi connectivity index (χ3v) is 8.54. The number of halogens is 1. The lowest BCUT2D eigenvalue weighted by molar-refractivity contribution is -0.0648. The topological polar surface area (TPSA) is 320 Å². The lowest BCUT2D eigenvalue weighted by Gasteiger charge is -2.22. The fraction of sp³-hybridized carbons (Fsp3) is 0.524. The zero-order valence-corrected chi connectivity index (χ0v) is 24.9. The second-order valence-electron chi connectivity index (χ2n) is 10.1. The minimum absolute atomic E-state index is 0.0391. The molecule has 6 heterocycles. The summed E-state index contributed by atoms with van der Waals surface area (Å²) in [6.07, 6.45) is -10.0. The summed E-state index contributed by atoms with van der Waals surface area (Å²) in [5.74, 6) is -0.250. The number of alkyl halides is 1. The number of hydrogen-bond acceptors (Lipinski definition) is 17. The maximum Gasteiger partial charge on any atom is 0.534 e. The molecule has 248 valence electrons. The highest BCUT2D eigenvalue weighted by Crippen LogP contribution is 2.50. The van der Waals surface area contributed by atoms with Crippen LogP contribution in [0.3, 0.4) is 0 Å². The monoisotopic (exact) mass is 691 g/mol. The number of hydrogen-bond donors (Lipinski definition) is 7. The molecule has 4 aromatic heterocycles. The Morgan fingerprint density at radius 3 is 2.48 bits per heavy atom. The number of anilines is 2. The van der Waals surface area contributed by atoms with E-state index in [-0.39, 0.29) is 34.1 Å². The lowest BCUT2D eigenvalue weighted by Crippen LogP contribution is -2.36. The van der Waals surface area contributed by atoms with E-state index in [0.29, 0.717) is 0 Å². The van der Waals surface area contributed by atoms with Crippen LogP contribution in [0.15, 0.2) is 23.8 Å². The van der Waals surface area contributed by atoms with Gasteiger partial charge in [-0.15, -0.1) is 0 Å². The van der Waals surface area contributed by atoms with Gasteiger partial charge in [-0.2, -0.15) is 9.88 Å². The SMILES string of the molecule is Nc1nc2c(ncn2[C@@H]2O[C@H](CO)C(OP(=O)(O)OC[C@H]3O[C@@H](n4cnc5c(N)ncnc54)C(OC[P+](=O)O)C3O)C2F)c(=O)[nH]1. The number of aromatic nitrogens is 8. The molecular weight excluding hydrogens is 665 g/mol. The molecule has 2 aliphatic heterocycles. The second-order valence-corrected chi connectivity index (χ2v) is 12.4. The van der Waals surface area contributed by atoms with E-state index in [1.807, 2.05) is 0 Å². The van der Waals surface area contributed by atoms with Crippen molar-refractivity contribution in [3.05, 3.63) is 29.3 Å². The average Bonchev–Trinajstić information content (AvgIpc) is 3.76. The van der Waals surface area contributed by atoms with Crippen LogP contribution in [0.2, 0.25) is 0 Å². The van der Waals surface area contributed by atoms with Crippen molar-refractivity contribution >= 4 is 49.9 Å². The van der Waals surface area contributed by atoms with Crippen molar-refractivity contribution in [2.45, 2.75) is 49.1 Å². The standard InChI is InChI=1S/C21H25FN10O12P2/c22-9-13(7(1-33)42-19(9)32-5-28-11-17(32)29-21(24)30-18(11)35)44-46(38,39)41-2-8-12(34)14(40-6-45(36)37)20(43-8)31-4-27-10-15(23)25-3-26-16(10)31/h3-5,7-9,12-14,19-20,33-34H,1-2,6H2,(H6-,23,24,25,26,29,30,35,36,37,38,39)/p+1/t7-,8-,9?,12?,13?,14?,19-,20-/m1/s1. The van der Waals surface area contributed by atoms with Crippen molar-refractivity contribution in [3.8, 4) is 0 Å². The van der Waals surface area contributed by atoms with Gasteiger partial charge in [0.15, 0.2) is 41.3 Å². The summed E-state index contributed by atoms with van der Waals surface area (Å²) >= 11 is 0. The highest BCUT2D eigenvalue weighted by molar-refractivity contribution is 7.47. The van der Waals surface area contributed by atoms with Gasteiger partial charge in [0, 0.05) is 0 Å². The van der Waals surface area contributed by atoms with Crippen molar-refractivity contribution < 1.29 is 56.8 Å². The zero-order valence-electron chi connectivity index (χ0n) is 23.1. The normalized spacial score (nSPS) is 29.9. The van der Waals surface area contributed by atoms with E-state index in [0.717, 1.165) is 17.2 Å². The van der Waals surface area contributed by atoms with Crippen molar-refractivity contribution in [3.63, 3.8) is 0 Å². The van der Waals surface area contributed by atoms with Gasteiger partial charge in [0.25, 0.3) is 11.9 Å². The molecule has 6 unspecified atom stereocenters. The van der Waals surface area contributed by atoms with Gasteiger partial charge in [0.2, 0.25) is 5.95 Å². The van der Waals surface area contributed by atoms with Crippen LogP contribution in [0.4, 0.5) is 16.2 Å². The smallest absolute Gasteiger partial charge is 0.394 e. The van der Waals surface area contributed by atoms with Gasteiger partial charge in [-0.3, -0.25) is 28.0 Å². The molecule has 6 rings (SSSR count). The molecule has 0 aromatic carbocycles. The Kier molecular flexibility index (Phi) is 8.82. The summed E-state index contributed by atoms with van der Waals surface area (Å²) in [7, 11) is -7.96. The molecule has 0 saturated carbocycles. The Balaban J connectivity index is 1.17. The summed E-state index contributed by atoms with van der Waals surface area (Å²) < 4.78 is 69.2. The number of fused-ring (bicyclic) bond motifs is 2. The Morgan fingerprint density at radius 1 is 1.07 bits per heavy atom. The number of aliphatic hydroxyl groups excluding tert-OH is 2. The van der Waals surface area contributed by atoms with Crippen molar-refractivity contribution in [2.24, 2.45) is 0 Å². The summed E-state index contributed by atoms with van der Waals surface area (Å²) in [6, 6.07) is 0. The van der Waals surface area contributed by atoms with Crippen LogP contribution in [0.5, 0.6) is 0 Å². The maximum absolute atomic E-state index is 15.7. The molecule has 25 heteroatoms. The van der Waals surface area contributed by atoms with Crippen molar-refractivity contribution in [1.82, 2.24) is 39.0 Å². The van der Waals surface area contributed by atoms with Gasteiger partial charge in [-0.25, -0.2) is 28.9 Å². The van der Waals surface area contributed by atoms with Gasteiger partial charge >= 0.3 is 15.9 Å². The number of H-pyrrole nitrogens is 1. The second kappa shape index (κ2) is 12.5. The van der Waals surface area contributed by atoms with Crippen LogP contribution < -0.4 is 17.0 Å². The molecule has 0 aliphatic carbocycles. The third kappa shape index (κ3) is 5.98. The molecule has 0 radical (unpaired) electrons. The van der Waals surface area contributed by atoms with E-state index < -0.39 is 90.1 Å². The van der Waals surface area contributed by atoms with E-state index in [1.165, 1.54) is 10.9 Å². The van der Waals surface area contributed by atoms with Gasteiger partial charge in [-0.05, 0) is 4.57 Å². The van der Waals surface area contributed by atoms with Crippen molar-refractivity contribution in [2.75, 3.05) is 31.0 Å². The molecule has 2 saturated heterocycles. The third-order valence-electron chi connectivity index (χ3n) is 7.18. The number of nitrogens with two attached hydrogens (primary N) is 2. The van der Waals surface area contributed by atoms with Crippen molar-refractivity contribution in [1.29, 1.82) is 0 Å². The maximum atomic E-state index is 15.7. The summed E-state index contributed by atoms with van der Waals surface area (Å²) in [4.78, 5) is 54.0. The Hall–Kier alpha value is -3.60. The van der Waals surface area contributed by atoms with E-state index in [2.05, 4.69) is 29.9 Å². The first-order valence-corrected chi connectivity index (χ1v) is 16.1. The van der Waals surface area contributed by atoms with Gasteiger partial charge in [-0.1, -0.05) is 0 Å². The fourth-order valence-corrected chi connectivity index (χ4v) is 6.39. The number of aliphatic hydroxyl groups is 2. The highest BCUT2D eigenvalue weighted by atomic mass is 31.2. The number of phosphoric ester groups is 1. The lowest BCUT2D eigenvalue weighted by atomic mass is 10.1. The molecule has 0 amide bonds. The molecule has 4 aromatic rings. The quantitative estimate of drug-likeness (QED) is 0.0852. The van der Waals surface area contributed by atoms with E-state index in [9.17, 15) is 33.9 Å². The first-order chi connectivity index (χ1) is 21.9. The highest BCUT2D eigenvalue weighted by Gasteiger charge is 2.52. The van der Waals surface area contributed by atoms with Crippen LogP contribution in [-0.4, -0.2) is 115 Å². The Bertz CT molecular complexity index is 1880. The molecule has 10 atom stereocenters. The van der Waals surface area contributed by atoms with E-state index in [4.69, 9.17) is 34.7 Å². The molecule has 46 heavy (non-hydrogen) atoms. The largest absolute Gasteiger partial charge is 0.534 e. The van der Waals surface area contributed by atoms with Crippen LogP contribution >= 0.6 is 15.9 Å². The first kappa shape index (κ1) is 32.3. The number of phosphoric acid groups is 1. The Morgan fingerprint density at radius 2 is 1.76 bits per heavy atom.